The topological polar surface area (TPSA) is 108 Å². The number of hydrogen-bond donors (Lipinski definition) is 2. The zero-order chi connectivity index (χ0) is 15.5. The number of nitrogens with two attached hydrogens (primary N) is 1. The van der Waals surface area contributed by atoms with Crippen molar-refractivity contribution < 1.29 is 22.7 Å². The van der Waals surface area contributed by atoms with Crippen LogP contribution in [0, 0.1) is 0 Å². The first-order chi connectivity index (χ1) is 9.94. The Balaban J connectivity index is 2.27. The largest absolute Gasteiger partial charge is 0.492 e. The molecular weight excluding hydrogens is 296 g/mol. The number of hydrogen-bond acceptors (Lipinski definition) is 6. The molecule has 2 rings (SSSR count). The molecule has 1 aliphatic rings. The first-order valence-electron chi connectivity index (χ1n) is 6.64. The summed E-state index contributed by atoms with van der Waals surface area (Å²) in [6.07, 6.45) is 1.52. The van der Waals surface area contributed by atoms with Gasteiger partial charge in [0.15, 0.2) is 0 Å². The van der Waals surface area contributed by atoms with Gasteiger partial charge in [0, 0.05) is 5.69 Å². The lowest BCUT2D eigenvalue weighted by Crippen LogP contribution is -2.31. The molecule has 7 nitrogen and oxygen atoms in total. The van der Waals surface area contributed by atoms with Gasteiger partial charge in [-0.15, -0.1) is 0 Å². The summed E-state index contributed by atoms with van der Waals surface area (Å²) < 4.78 is 37.0. The fraction of sp³-hybridized carbons (Fsp3) is 0.462. The number of nitrogen functional groups attached to an aromatic ring is 1. The van der Waals surface area contributed by atoms with E-state index in [2.05, 4.69) is 9.46 Å². The number of fused-ring (bicyclic) bond motifs is 1. The Morgan fingerprint density at radius 1 is 1.48 bits per heavy atom. The van der Waals surface area contributed by atoms with Gasteiger partial charge >= 0.3 is 5.97 Å². The number of anilines is 1. The van der Waals surface area contributed by atoms with Crippen molar-refractivity contribution in [1.29, 1.82) is 0 Å². The molecule has 21 heavy (non-hydrogen) atoms. The molecule has 1 aliphatic heterocycles. The number of ether oxygens (including phenoxy) is 2. The predicted molar refractivity (Wildman–Crippen MR) is 76.5 cm³/mol. The third-order valence-corrected chi connectivity index (χ3v) is 4.40. The summed E-state index contributed by atoms with van der Waals surface area (Å²) in [6, 6.07) is 3.04. The van der Waals surface area contributed by atoms with E-state index in [9.17, 15) is 13.2 Å². The van der Waals surface area contributed by atoms with Crippen LogP contribution in [-0.2, 0) is 26.0 Å². The highest BCUT2D eigenvalue weighted by molar-refractivity contribution is 7.89. The van der Waals surface area contributed by atoms with E-state index < -0.39 is 22.5 Å². The van der Waals surface area contributed by atoms with Crippen LogP contribution in [0.15, 0.2) is 17.0 Å². The Bertz CT molecular complexity index is 642. The summed E-state index contributed by atoms with van der Waals surface area (Å²) in [5.41, 5.74) is 6.85. The standard InChI is InChI=1S/C13H18N2O5S/c1-2-19-12(16)8-15-21(17,18)11-7-10(14)6-9-4-3-5-20-13(9)11/h6-7,15H,2-5,8,14H2,1H3. The van der Waals surface area contributed by atoms with Crippen LogP contribution in [0.2, 0.25) is 0 Å². The van der Waals surface area contributed by atoms with E-state index in [4.69, 9.17) is 10.5 Å². The number of rotatable bonds is 5. The summed E-state index contributed by atoms with van der Waals surface area (Å²) in [4.78, 5) is 11.2. The van der Waals surface area contributed by atoms with Crippen molar-refractivity contribution in [2.75, 3.05) is 25.5 Å². The Morgan fingerprint density at radius 3 is 2.95 bits per heavy atom. The normalized spacial score (nSPS) is 14.1. The van der Waals surface area contributed by atoms with Crippen molar-refractivity contribution in [1.82, 2.24) is 4.72 Å². The molecule has 0 spiro atoms. The Kier molecular flexibility index (Phi) is 4.69. The van der Waals surface area contributed by atoms with Crippen molar-refractivity contribution in [3.63, 3.8) is 0 Å². The zero-order valence-corrected chi connectivity index (χ0v) is 12.5. The van der Waals surface area contributed by atoms with Crippen LogP contribution in [0.3, 0.4) is 0 Å². The van der Waals surface area contributed by atoms with E-state index in [0.717, 1.165) is 12.0 Å². The van der Waals surface area contributed by atoms with Crippen LogP contribution < -0.4 is 15.2 Å². The monoisotopic (exact) mass is 314 g/mol. The van der Waals surface area contributed by atoms with Crippen LogP contribution in [-0.4, -0.2) is 34.1 Å². The molecule has 0 saturated heterocycles. The van der Waals surface area contributed by atoms with Gasteiger partial charge in [0.25, 0.3) is 0 Å². The first-order valence-corrected chi connectivity index (χ1v) is 8.13. The fourth-order valence-electron chi connectivity index (χ4n) is 2.11. The van der Waals surface area contributed by atoms with Crippen LogP contribution in [0.25, 0.3) is 0 Å². The Labute approximate surface area is 123 Å². The van der Waals surface area contributed by atoms with E-state index in [-0.39, 0.29) is 11.5 Å². The van der Waals surface area contributed by atoms with Crippen LogP contribution >= 0.6 is 0 Å². The SMILES string of the molecule is CCOC(=O)CNS(=O)(=O)c1cc(N)cc2c1OCCC2. The third kappa shape index (κ3) is 3.64. The molecule has 0 amide bonds. The quantitative estimate of drug-likeness (QED) is 0.603. The smallest absolute Gasteiger partial charge is 0.321 e. The minimum Gasteiger partial charge on any atom is -0.492 e. The Morgan fingerprint density at radius 2 is 2.24 bits per heavy atom. The summed E-state index contributed by atoms with van der Waals surface area (Å²) >= 11 is 0. The number of aryl methyl sites for hydroxylation is 1. The summed E-state index contributed by atoms with van der Waals surface area (Å²) in [6.45, 7) is 1.86. The van der Waals surface area contributed by atoms with Crippen LogP contribution in [0.5, 0.6) is 5.75 Å². The number of nitrogens with one attached hydrogen (secondary N) is 1. The molecule has 0 bridgehead atoms. The maximum atomic E-state index is 12.3. The average molecular weight is 314 g/mol. The maximum absolute atomic E-state index is 12.3. The van der Waals surface area contributed by atoms with Crippen LogP contribution in [0.4, 0.5) is 5.69 Å². The molecule has 1 aromatic carbocycles. The van der Waals surface area contributed by atoms with Crippen molar-refractivity contribution in [3.8, 4) is 5.75 Å². The van der Waals surface area contributed by atoms with Gasteiger partial charge in [-0.25, -0.2) is 8.42 Å². The van der Waals surface area contributed by atoms with Crippen molar-refractivity contribution >= 4 is 21.7 Å². The molecule has 0 aliphatic carbocycles. The van der Waals surface area contributed by atoms with E-state index in [1.165, 1.54) is 6.07 Å². The highest BCUT2D eigenvalue weighted by atomic mass is 32.2. The van der Waals surface area contributed by atoms with Crippen molar-refractivity contribution in [2.24, 2.45) is 0 Å². The van der Waals surface area contributed by atoms with Crippen molar-refractivity contribution in [2.45, 2.75) is 24.7 Å². The van der Waals surface area contributed by atoms with Gasteiger partial charge in [-0.3, -0.25) is 4.79 Å². The number of sulfonamides is 1. The lowest BCUT2D eigenvalue weighted by Gasteiger charge is -2.21. The van der Waals surface area contributed by atoms with E-state index in [1.807, 2.05) is 0 Å². The minimum absolute atomic E-state index is 0.0403. The second-order valence-electron chi connectivity index (χ2n) is 4.59. The fourth-order valence-corrected chi connectivity index (χ4v) is 3.30. The zero-order valence-electron chi connectivity index (χ0n) is 11.7. The molecule has 0 aromatic heterocycles. The third-order valence-electron chi connectivity index (χ3n) is 2.99. The molecule has 3 N–H and O–H groups in total. The van der Waals surface area contributed by atoms with Gasteiger partial charge in [-0.05, 0) is 37.5 Å². The number of benzene rings is 1. The average Bonchev–Trinajstić information content (AvgIpc) is 2.44. The second-order valence-corrected chi connectivity index (χ2v) is 6.32. The summed E-state index contributed by atoms with van der Waals surface area (Å²) in [5.74, 6) is -0.327. The highest BCUT2D eigenvalue weighted by Gasteiger charge is 2.25. The van der Waals surface area contributed by atoms with Crippen molar-refractivity contribution in [3.05, 3.63) is 17.7 Å². The summed E-state index contributed by atoms with van der Waals surface area (Å²) in [7, 11) is -3.89. The maximum Gasteiger partial charge on any atom is 0.321 e. The van der Waals surface area contributed by atoms with Crippen LogP contribution in [0.1, 0.15) is 18.9 Å². The molecule has 0 saturated carbocycles. The minimum atomic E-state index is -3.89. The molecule has 116 valence electrons. The molecular formula is C13H18N2O5S. The summed E-state index contributed by atoms with van der Waals surface area (Å²) in [5, 5.41) is 0. The van der Waals surface area contributed by atoms with E-state index in [1.54, 1.807) is 13.0 Å². The molecule has 0 atom stereocenters. The first kappa shape index (κ1) is 15.6. The number of carbonyl (C=O) groups excluding carboxylic acids is 1. The highest BCUT2D eigenvalue weighted by Crippen LogP contribution is 2.34. The predicted octanol–water partition coefficient (Wildman–Crippen LogP) is 0.435. The second kappa shape index (κ2) is 6.31. The molecule has 0 radical (unpaired) electrons. The molecule has 0 unspecified atom stereocenters. The molecule has 0 fully saturated rings. The van der Waals surface area contributed by atoms with Gasteiger partial charge in [0.2, 0.25) is 10.0 Å². The lowest BCUT2D eigenvalue weighted by molar-refractivity contribution is -0.141. The molecule has 1 aromatic rings. The van der Waals surface area contributed by atoms with Gasteiger partial charge < -0.3 is 15.2 Å². The molecule has 1 heterocycles. The van der Waals surface area contributed by atoms with E-state index >= 15 is 0 Å². The van der Waals surface area contributed by atoms with Gasteiger partial charge in [0.05, 0.1) is 13.2 Å². The number of carbonyl (C=O) groups is 1. The molecule has 8 heteroatoms. The van der Waals surface area contributed by atoms with Gasteiger partial charge in [0.1, 0.15) is 17.2 Å². The lowest BCUT2D eigenvalue weighted by atomic mass is 10.1. The van der Waals surface area contributed by atoms with E-state index in [0.29, 0.717) is 24.5 Å². The Hall–Kier alpha value is -1.80. The number of esters is 1. The van der Waals surface area contributed by atoms with Gasteiger partial charge in [-0.1, -0.05) is 0 Å². The van der Waals surface area contributed by atoms with Gasteiger partial charge in [-0.2, -0.15) is 4.72 Å².